The number of piperazine rings is 1. The summed E-state index contributed by atoms with van der Waals surface area (Å²) in [5.74, 6) is 0.192. The molecule has 0 N–H and O–H groups in total. The van der Waals surface area contributed by atoms with Crippen LogP contribution < -0.4 is 0 Å². The van der Waals surface area contributed by atoms with Crippen molar-refractivity contribution in [3.8, 4) is 0 Å². The Hall–Kier alpha value is -2.63. The summed E-state index contributed by atoms with van der Waals surface area (Å²) in [7, 11) is 0. The van der Waals surface area contributed by atoms with Gasteiger partial charge in [-0.2, -0.15) is 0 Å². The number of carbonyl (C=O) groups excluding carboxylic acids is 2. The summed E-state index contributed by atoms with van der Waals surface area (Å²) < 4.78 is 5.13. The van der Waals surface area contributed by atoms with Gasteiger partial charge in [0.15, 0.2) is 5.76 Å². The Kier molecular flexibility index (Phi) is 3.91. The topological polar surface area (TPSA) is 66.7 Å². The third kappa shape index (κ3) is 2.86. The molecule has 0 spiro atoms. The lowest BCUT2D eigenvalue weighted by Crippen LogP contribution is -2.50. The third-order valence-corrected chi connectivity index (χ3v) is 3.73. The van der Waals surface area contributed by atoms with E-state index in [1.165, 1.54) is 6.26 Å². The zero-order chi connectivity index (χ0) is 15.5. The van der Waals surface area contributed by atoms with Crippen LogP contribution in [0.2, 0.25) is 0 Å². The van der Waals surface area contributed by atoms with E-state index in [9.17, 15) is 9.59 Å². The molecule has 6 nitrogen and oxygen atoms in total. The molecule has 0 atom stereocenters. The summed E-state index contributed by atoms with van der Waals surface area (Å²) in [6.07, 6.45) is 3.12. The number of pyridine rings is 1. The van der Waals surface area contributed by atoms with Crippen molar-refractivity contribution < 1.29 is 14.0 Å². The van der Waals surface area contributed by atoms with Crippen molar-refractivity contribution in [3.63, 3.8) is 0 Å². The van der Waals surface area contributed by atoms with Crippen LogP contribution in [0.4, 0.5) is 0 Å². The molecular formula is C16H17N3O3. The molecule has 0 aromatic carbocycles. The Balaban J connectivity index is 1.62. The van der Waals surface area contributed by atoms with Gasteiger partial charge < -0.3 is 14.2 Å². The number of hydrogen-bond acceptors (Lipinski definition) is 4. The van der Waals surface area contributed by atoms with Crippen LogP contribution in [0.15, 0.2) is 41.1 Å². The fraction of sp³-hybridized carbons (Fsp3) is 0.312. The zero-order valence-electron chi connectivity index (χ0n) is 12.4. The van der Waals surface area contributed by atoms with Gasteiger partial charge in [0.1, 0.15) is 0 Å². The van der Waals surface area contributed by atoms with Crippen molar-refractivity contribution in [1.82, 2.24) is 14.8 Å². The number of carbonyl (C=O) groups is 2. The first kappa shape index (κ1) is 14.3. The van der Waals surface area contributed by atoms with Crippen molar-refractivity contribution in [2.75, 3.05) is 26.2 Å². The number of nitrogens with zero attached hydrogens (tertiary/aromatic N) is 3. The molecule has 0 aliphatic carbocycles. The van der Waals surface area contributed by atoms with Gasteiger partial charge in [0.25, 0.3) is 11.8 Å². The Bertz CT molecular complexity index is 674. The molecule has 1 aliphatic rings. The van der Waals surface area contributed by atoms with E-state index in [1.54, 1.807) is 40.3 Å². The second-order valence-corrected chi connectivity index (χ2v) is 5.25. The van der Waals surface area contributed by atoms with Gasteiger partial charge >= 0.3 is 0 Å². The number of hydrogen-bond donors (Lipinski definition) is 0. The normalized spacial score (nSPS) is 15.0. The van der Waals surface area contributed by atoms with Crippen LogP contribution in [-0.4, -0.2) is 52.8 Å². The molecular weight excluding hydrogens is 282 g/mol. The molecule has 6 heteroatoms. The van der Waals surface area contributed by atoms with Crippen molar-refractivity contribution in [1.29, 1.82) is 0 Å². The first-order valence-electron chi connectivity index (χ1n) is 7.20. The van der Waals surface area contributed by atoms with Crippen molar-refractivity contribution in [2.24, 2.45) is 0 Å². The van der Waals surface area contributed by atoms with Crippen LogP contribution >= 0.6 is 0 Å². The summed E-state index contributed by atoms with van der Waals surface area (Å²) in [6, 6.07) is 6.84. The maximum Gasteiger partial charge on any atom is 0.289 e. The van der Waals surface area contributed by atoms with E-state index >= 15 is 0 Å². The van der Waals surface area contributed by atoms with Gasteiger partial charge in [0.2, 0.25) is 0 Å². The average molecular weight is 299 g/mol. The quantitative estimate of drug-likeness (QED) is 0.844. The van der Waals surface area contributed by atoms with E-state index in [-0.39, 0.29) is 11.8 Å². The summed E-state index contributed by atoms with van der Waals surface area (Å²) in [5, 5.41) is 0. The van der Waals surface area contributed by atoms with Gasteiger partial charge in [-0.3, -0.25) is 14.6 Å². The minimum Gasteiger partial charge on any atom is -0.459 e. The highest BCUT2D eigenvalue weighted by Crippen LogP contribution is 2.12. The molecule has 3 heterocycles. The molecule has 2 aromatic rings. The molecule has 1 fully saturated rings. The van der Waals surface area contributed by atoms with Gasteiger partial charge in [-0.05, 0) is 31.2 Å². The molecule has 0 unspecified atom stereocenters. The van der Waals surface area contributed by atoms with E-state index in [1.807, 2.05) is 6.92 Å². The van der Waals surface area contributed by atoms with Gasteiger partial charge in [0.05, 0.1) is 6.26 Å². The highest BCUT2D eigenvalue weighted by molar-refractivity contribution is 5.95. The molecule has 0 radical (unpaired) electrons. The highest BCUT2D eigenvalue weighted by Gasteiger charge is 2.26. The van der Waals surface area contributed by atoms with Gasteiger partial charge in [-0.15, -0.1) is 0 Å². The Morgan fingerprint density at radius 3 is 2.36 bits per heavy atom. The molecule has 0 bridgehead atoms. The van der Waals surface area contributed by atoms with Crippen LogP contribution in [0.1, 0.15) is 26.6 Å². The van der Waals surface area contributed by atoms with E-state index < -0.39 is 0 Å². The first-order chi connectivity index (χ1) is 10.6. The molecule has 2 aromatic heterocycles. The van der Waals surface area contributed by atoms with E-state index in [4.69, 9.17) is 4.42 Å². The Labute approximate surface area is 128 Å². The van der Waals surface area contributed by atoms with Gasteiger partial charge in [-0.1, -0.05) is 0 Å². The summed E-state index contributed by atoms with van der Waals surface area (Å²) in [4.78, 5) is 32.2. The van der Waals surface area contributed by atoms with E-state index in [0.29, 0.717) is 37.5 Å². The minimum atomic E-state index is -0.128. The lowest BCUT2D eigenvalue weighted by atomic mass is 10.2. The molecule has 3 rings (SSSR count). The average Bonchev–Trinajstić information content (AvgIpc) is 3.08. The van der Waals surface area contributed by atoms with Crippen LogP contribution in [0.25, 0.3) is 0 Å². The SMILES string of the molecule is Cc1cc(C(=O)N2CCN(C(=O)c3ccco3)CC2)ccn1. The van der Waals surface area contributed by atoms with E-state index in [0.717, 1.165) is 5.69 Å². The third-order valence-electron chi connectivity index (χ3n) is 3.73. The number of aryl methyl sites for hydroxylation is 1. The smallest absolute Gasteiger partial charge is 0.289 e. The highest BCUT2D eigenvalue weighted by atomic mass is 16.3. The number of aromatic nitrogens is 1. The zero-order valence-corrected chi connectivity index (χ0v) is 12.4. The molecule has 22 heavy (non-hydrogen) atoms. The predicted molar refractivity (Wildman–Crippen MR) is 79.5 cm³/mol. The van der Waals surface area contributed by atoms with Crippen LogP contribution in [-0.2, 0) is 0 Å². The number of amides is 2. The lowest BCUT2D eigenvalue weighted by Gasteiger charge is -2.34. The second kappa shape index (κ2) is 6.01. The van der Waals surface area contributed by atoms with Crippen LogP contribution in [0.3, 0.4) is 0 Å². The Morgan fingerprint density at radius 1 is 1.09 bits per heavy atom. The number of furan rings is 1. The maximum atomic E-state index is 12.4. The predicted octanol–water partition coefficient (Wildman–Crippen LogP) is 1.58. The monoisotopic (exact) mass is 299 g/mol. The van der Waals surface area contributed by atoms with Crippen molar-refractivity contribution >= 4 is 11.8 Å². The fourth-order valence-corrected chi connectivity index (χ4v) is 2.53. The number of rotatable bonds is 2. The summed E-state index contributed by atoms with van der Waals surface area (Å²) >= 11 is 0. The van der Waals surface area contributed by atoms with Crippen LogP contribution in [0.5, 0.6) is 0 Å². The molecule has 1 saturated heterocycles. The van der Waals surface area contributed by atoms with Crippen LogP contribution in [0, 0.1) is 6.92 Å². The van der Waals surface area contributed by atoms with Gasteiger partial charge in [-0.25, -0.2) is 0 Å². The summed E-state index contributed by atoms with van der Waals surface area (Å²) in [6.45, 7) is 3.92. The Morgan fingerprint density at radius 2 is 1.77 bits per heavy atom. The van der Waals surface area contributed by atoms with Crippen molar-refractivity contribution in [3.05, 3.63) is 53.7 Å². The minimum absolute atomic E-state index is 0.0180. The second-order valence-electron chi connectivity index (χ2n) is 5.25. The fourth-order valence-electron chi connectivity index (χ4n) is 2.53. The largest absolute Gasteiger partial charge is 0.459 e. The standard InChI is InChI=1S/C16H17N3O3/c1-12-11-13(4-5-17-12)15(20)18-6-8-19(9-7-18)16(21)14-3-2-10-22-14/h2-5,10-11H,6-9H2,1H3. The molecule has 0 saturated carbocycles. The summed E-state index contributed by atoms with van der Waals surface area (Å²) in [5.41, 5.74) is 1.45. The first-order valence-corrected chi connectivity index (χ1v) is 7.20. The van der Waals surface area contributed by atoms with Crippen molar-refractivity contribution in [2.45, 2.75) is 6.92 Å². The lowest BCUT2D eigenvalue weighted by molar-refractivity contribution is 0.0518. The molecule has 1 aliphatic heterocycles. The molecule has 114 valence electrons. The molecule has 2 amide bonds. The van der Waals surface area contributed by atoms with Gasteiger partial charge in [0, 0.05) is 43.6 Å². The maximum absolute atomic E-state index is 12.4. The van der Waals surface area contributed by atoms with E-state index in [2.05, 4.69) is 4.98 Å².